The fourth-order valence-electron chi connectivity index (χ4n) is 2.45. The number of nitrogens with zero attached hydrogens (tertiary/aromatic N) is 1. The normalized spacial score (nSPS) is 24.7. The van der Waals surface area contributed by atoms with Crippen molar-refractivity contribution in [3.8, 4) is 0 Å². The molecule has 124 valence electrons. The van der Waals surface area contributed by atoms with Gasteiger partial charge in [-0.3, -0.25) is 4.79 Å². The number of alkyl halides is 1. The highest BCUT2D eigenvalue weighted by atomic mass is 19.1. The number of rotatable bonds is 1. The molecular weight excluding hydrogens is 304 g/mol. The van der Waals surface area contributed by atoms with E-state index in [2.05, 4.69) is 0 Å². The zero-order valence-electron chi connectivity index (χ0n) is 13.5. The van der Waals surface area contributed by atoms with E-state index < -0.39 is 35.1 Å². The van der Waals surface area contributed by atoms with Crippen LogP contribution in [0.25, 0.3) is 0 Å². The second kappa shape index (κ2) is 5.76. The van der Waals surface area contributed by atoms with Crippen molar-refractivity contribution in [2.45, 2.75) is 45.0 Å². The molecule has 0 fully saturated rings. The van der Waals surface area contributed by atoms with Gasteiger partial charge in [0.1, 0.15) is 11.4 Å². The van der Waals surface area contributed by atoms with Gasteiger partial charge in [0, 0.05) is 5.56 Å². The maximum absolute atomic E-state index is 14.2. The second-order valence-electron chi connectivity index (χ2n) is 6.54. The standard InChI is InChI=1S/C17H19F2NO3/c1-16(2,3)23-15(22)20-14(21)13(19)9-10-17(20,4)11-7-5-6-8-12(11)18/h5-10,13H,1-4H3/t13?,17-/m0/s1. The van der Waals surface area contributed by atoms with Crippen LogP contribution in [0.1, 0.15) is 33.3 Å². The molecule has 2 amide bonds. The van der Waals surface area contributed by atoms with Crippen molar-refractivity contribution in [3.05, 3.63) is 47.8 Å². The first-order chi connectivity index (χ1) is 10.6. The minimum absolute atomic E-state index is 0.0855. The topological polar surface area (TPSA) is 46.6 Å². The maximum atomic E-state index is 14.2. The van der Waals surface area contributed by atoms with Crippen molar-refractivity contribution < 1.29 is 23.1 Å². The highest BCUT2D eigenvalue weighted by Gasteiger charge is 2.47. The van der Waals surface area contributed by atoms with Crippen LogP contribution in [0, 0.1) is 5.82 Å². The number of halogens is 2. The summed E-state index contributed by atoms with van der Waals surface area (Å²) in [6, 6.07) is 5.74. The highest BCUT2D eigenvalue weighted by Crippen LogP contribution is 2.36. The Balaban J connectivity index is 2.54. The minimum atomic E-state index is -1.97. The number of hydrogen-bond acceptors (Lipinski definition) is 3. The second-order valence-corrected chi connectivity index (χ2v) is 6.54. The number of imide groups is 1. The van der Waals surface area contributed by atoms with Crippen molar-refractivity contribution in [2.24, 2.45) is 0 Å². The molecule has 1 aliphatic heterocycles. The Morgan fingerprint density at radius 3 is 2.48 bits per heavy atom. The summed E-state index contributed by atoms with van der Waals surface area (Å²) in [4.78, 5) is 25.3. The molecule has 0 aromatic heterocycles. The minimum Gasteiger partial charge on any atom is -0.443 e. The van der Waals surface area contributed by atoms with Gasteiger partial charge in [-0.2, -0.15) is 0 Å². The lowest BCUT2D eigenvalue weighted by molar-refractivity contribution is -0.139. The Hall–Kier alpha value is -2.24. The fraction of sp³-hybridized carbons (Fsp3) is 0.412. The van der Waals surface area contributed by atoms with Gasteiger partial charge in [0.2, 0.25) is 0 Å². The summed E-state index contributed by atoms with van der Waals surface area (Å²) in [7, 11) is 0. The molecule has 0 N–H and O–H groups in total. The number of benzene rings is 1. The summed E-state index contributed by atoms with van der Waals surface area (Å²) in [5.74, 6) is -1.68. The van der Waals surface area contributed by atoms with E-state index in [1.165, 1.54) is 31.2 Å². The Morgan fingerprint density at radius 1 is 1.30 bits per heavy atom. The molecule has 6 heteroatoms. The molecule has 0 spiro atoms. The summed E-state index contributed by atoms with van der Waals surface area (Å²) in [5.41, 5.74) is -2.25. The predicted molar refractivity (Wildman–Crippen MR) is 80.9 cm³/mol. The van der Waals surface area contributed by atoms with Gasteiger partial charge >= 0.3 is 6.09 Å². The number of ether oxygens (including phenoxy) is 1. The lowest BCUT2D eigenvalue weighted by Crippen LogP contribution is -2.56. The van der Waals surface area contributed by atoms with E-state index in [0.29, 0.717) is 4.90 Å². The van der Waals surface area contributed by atoms with Crippen LogP contribution in [0.4, 0.5) is 13.6 Å². The molecule has 2 atom stereocenters. The van der Waals surface area contributed by atoms with E-state index in [4.69, 9.17) is 4.74 Å². The van der Waals surface area contributed by atoms with E-state index in [9.17, 15) is 18.4 Å². The molecule has 23 heavy (non-hydrogen) atoms. The molecule has 0 bridgehead atoms. The molecular formula is C17H19F2NO3. The third-order valence-corrected chi connectivity index (χ3v) is 3.51. The third kappa shape index (κ3) is 3.25. The SMILES string of the molecule is CC(C)(C)OC(=O)N1C(=O)C(F)C=C[C@@]1(C)c1ccccc1F. The Bertz CT molecular complexity index is 666. The van der Waals surface area contributed by atoms with Gasteiger partial charge < -0.3 is 4.74 Å². The van der Waals surface area contributed by atoms with E-state index in [1.54, 1.807) is 26.8 Å². The Labute approximate surface area is 133 Å². The fourth-order valence-corrected chi connectivity index (χ4v) is 2.45. The van der Waals surface area contributed by atoms with Gasteiger partial charge in [-0.1, -0.05) is 24.3 Å². The lowest BCUT2D eigenvalue weighted by Gasteiger charge is -2.41. The van der Waals surface area contributed by atoms with Gasteiger partial charge in [-0.15, -0.1) is 0 Å². The third-order valence-electron chi connectivity index (χ3n) is 3.51. The van der Waals surface area contributed by atoms with Crippen molar-refractivity contribution >= 4 is 12.0 Å². The quantitative estimate of drug-likeness (QED) is 0.740. The molecule has 1 aliphatic rings. The largest absolute Gasteiger partial charge is 0.443 e. The van der Waals surface area contributed by atoms with Gasteiger partial charge in [0.25, 0.3) is 5.91 Å². The van der Waals surface area contributed by atoms with Crippen molar-refractivity contribution in [2.75, 3.05) is 0 Å². The Kier molecular flexibility index (Phi) is 4.28. The van der Waals surface area contributed by atoms with Crippen LogP contribution in [-0.4, -0.2) is 28.7 Å². The first kappa shape index (κ1) is 17.1. The zero-order chi connectivity index (χ0) is 17.4. The highest BCUT2D eigenvalue weighted by molar-refractivity contribution is 5.98. The predicted octanol–water partition coefficient (Wildman–Crippen LogP) is 3.71. The zero-order valence-corrected chi connectivity index (χ0v) is 13.5. The number of carbonyl (C=O) groups is 2. The number of carbonyl (C=O) groups excluding carboxylic acids is 2. The maximum Gasteiger partial charge on any atom is 0.418 e. The van der Waals surface area contributed by atoms with Crippen LogP contribution in [0.15, 0.2) is 36.4 Å². The summed E-state index contributed by atoms with van der Waals surface area (Å²) in [6.07, 6.45) is -0.653. The van der Waals surface area contributed by atoms with Crippen molar-refractivity contribution in [3.63, 3.8) is 0 Å². The van der Waals surface area contributed by atoms with Crippen LogP contribution in [0.5, 0.6) is 0 Å². The van der Waals surface area contributed by atoms with Gasteiger partial charge in [-0.05, 0) is 39.8 Å². The average molecular weight is 323 g/mol. The molecule has 0 saturated carbocycles. The molecule has 1 unspecified atom stereocenters. The molecule has 1 heterocycles. The van der Waals surface area contributed by atoms with Crippen LogP contribution >= 0.6 is 0 Å². The summed E-state index contributed by atoms with van der Waals surface area (Å²) in [5, 5.41) is 0. The number of hydrogen-bond donors (Lipinski definition) is 0. The smallest absolute Gasteiger partial charge is 0.418 e. The van der Waals surface area contributed by atoms with E-state index >= 15 is 0 Å². The van der Waals surface area contributed by atoms with E-state index in [1.807, 2.05) is 0 Å². The van der Waals surface area contributed by atoms with Gasteiger partial charge in [-0.25, -0.2) is 18.5 Å². The summed E-state index contributed by atoms with van der Waals surface area (Å²) < 4.78 is 33.2. The lowest BCUT2D eigenvalue weighted by atomic mass is 9.86. The molecule has 2 rings (SSSR count). The Morgan fingerprint density at radius 2 is 1.91 bits per heavy atom. The molecule has 1 aromatic carbocycles. The van der Waals surface area contributed by atoms with E-state index in [-0.39, 0.29) is 5.56 Å². The van der Waals surface area contributed by atoms with Crippen molar-refractivity contribution in [1.82, 2.24) is 4.90 Å². The van der Waals surface area contributed by atoms with E-state index in [0.717, 1.165) is 6.08 Å². The number of amides is 2. The van der Waals surface area contributed by atoms with Crippen LogP contribution in [-0.2, 0) is 15.1 Å². The summed E-state index contributed by atoms with van der Waals surface area (Å²) >= 11 is 0. The molecule has 4 nitrogen and oxygen atoms in total. The van der Waals surface area contributed by atoms with Crippen LogP contribution in [0.2, 0.25) is 0 Å². The average Bonchev–Trinajstić information content (AvgIpc) is 2.42. The van der Waals surface area contributed by atoms with Crippen LogP contribution in [0.3, 0.4) is 0 Å². The summed E-state index contributed by atoms with van der Waals surface area (Å²) in [6.45, 7) is 6.35. The molecule has 0 saturated heterocycles. The monoisotopic (exact) mass is 323 g/mol. The van der Waals surface area contributed by atoms with Gasteiger partial charge in [0.15, 0.2) is 6.17 Å². The first-order valence-corrected chi connectivity index (χ1v) is 7.22. The molecule has 1 aromatic rings. The van der Waals surface area contributed by atoms with Crippen molar-refractivity contribution in [1.29, 1.82) is 0 Å². The molecule has 0 aliphatic carbocycles. The van der Waals surface area contributed by atoms with Crippen LogP contribution < -0.4 is 0 Å². The first-order valence-electron chi connectivity index (χ1n) is 7.22. The van der Waals surface area contributed by atoms with Gasteiger partial charge in [0.05, 0.1) is 5.54 Å². The molecule has 0 radical (unpaired) electrons.